The summed E-state index contributed by atoms with van der Waals surface area (Å²) in [6.07, 6.45) is 0. The van der Waals surface area contributed by atoms with Crippen LogP contribution in [-0.4, -0.2) is 14.9 Å². The smallest absolute Gasteiger partial charge is 0.133 e. The minimum absolute atomic E-state index is 0.170. The lowest BCUT2D eigenvalue weighted by Gasteiger charge is -2.11. The number of hydrogen-bond acceptors (Lipinski definition) is 3. The maximum absolute atomic E-state index is 10.2. The lowest BCUT2D eigenvalue weighted by Crippen LogP contribution is -1.98. The average molecular weight is 294 g/mol. The minimum Gasteiger partial charge on any atom is -0.507 e. The van der Waals surface area contributed by atoms with Gasteiger partial charge in [-0.05, 0) is 30.7 Å². The highest BCUT2D eigenvalue weighted by atomic mass is 16.5. The van der Waals surface area contributed by atoms with Crippen LogP contribution in [-0.2, 0) is 13.7 Å². The number of ether oxygens (including phenoxy) is 1. The van der Waals surface area contributed by atoms with Crippen LogP contribution in [0.4, 0.5) is 0 Å². The molecule has 112 valence electrons. The van der Waals surface area contributed by atoms with E-state index >= 15 is 0 Å². The fraction of sp³-hybridized carbons (Fsp3) is 0.167. The summed E-state index contributed by atoms with van der Waals surface area (Å²) in [6.45, 7) is 2.42. The van der Waals surface area contributed by atoms with Crippen molar-refractivity contribution in [1.82, 2.24) is 9.78 Å². The number of aromatic nitrogens is 2. The van der Waals surface area contributed by atoms with Gasteiger partial charge >= 0.3 is 0 Å². The molecule has 4 nitrogen and oxygen atoms in total. The third-order valence-electron chi connectivity index (χ3n) is 3.61. The molecule has 1 aromatic heterocycles. The van der Waals surface area contributed by atoms with Crippen LogP contribution in [0, 0.1) is 6.92 Å². The van der Waals surface area contributed by atoms with E-state index in [9.17, 15) is 5.11 Å². The van der Waals surface area contributed by atoms with Gasteiger partial charge in [0.25, 0.3) is 0 Å². The molecule has 22 heavy (non-hydrogen) atoms. The van der Waals surface area contributed by atoms with Crippen molar-refractivity contribution in [2.24, 2.45) is 7.05 Å². The molecule has 0 bridgehead atoms. The van der Waals surface area contributed by atoms with E-state index in [-0.39, 0.29) is 5.75 Å². The van der Waals surface area contributed by atoms with Gasteiger partial charge in [-0.3, -0.25) is 4.68 Å². The zero-order valence-electron chi connectivity index (χ0n) is 12.7. The van der Waals surface area contributed by atoms with Crippen LogP contribution in [0.1, 0.15) is 11.3 Å². The lowest BCUT2D eigenvalue weighted by molar-refractivity contribution is 0.306. The number of nitrogens with zero attached hydrogens (tertiary/aromatic N) is 2. The van der Waals surface area contributed by atoms with Crippen molar-refractivity contribution in [2.75, 3.05) is 0 Å². The van der Waals surface area contributed by atoms with Gasteiger partial charge in [-0.1, -0.05) is 36.4 Å². The Labute approximate surface area is 129 Å². The molecule has 3 aromatic rings. The molecule has 0 atom stereocenters. The second-order valence-electron chi connectivity index (χ2n) is 5.22. The number of hydrogen-bond donors (Lipinski definition) is 1. The maximum atomic E-state index is 10.2. The molecule has 1 N–H and O–H groups in total. The van der Waals surface area contributed by atoms with Crippen LogP contribution in [0.2, 0.25) is 0 Å². The minimum atomic E-state index is 0.170. The molecule has 0 unspecified atom stereocenters. The first-order chi connectivity index (χ1) is 10.6. The Bertz CT molecular complexity index is 760. The molecule has 3 rings (SSSR count). The molecule has 0 amide bonds. The summed E-state index contributed by atoms with van der Waals surface area (Å²) in [5, 5.41) is 14.6. The summed E-state index contributed by atoms with van der Waals surface area (Å²) in [5.74, 6) is 0.797. The van der Waals surface area contributed by atoms with E-state index < -0.39 is 0 Å². The first kappa shape index (κ1) is 14.2. The van der Waals surface area contributed by atoms with Crippen LogP contribution in [0.25, 0.3) is 11.3 Å². The zero-order chi connectivity index (χ0) is 15.5. The van der Waals surface area contributed by atoms with Gasteiger partial charge in [0.15, 0.2) is 0 Å². The van der Waals surface area contributed by atoms with Gasteiger partial charge < -0.3 is 9.84 Å². The molecule has 1 heterocycles. The van der Waals surface area contributed by atoms with Gasteiger partial charge in [0.2, 0.25) is 0 Å². The molecule has 0 spiro atoms. The van der Waals surface area contributed by atoms with Crippen molar-refractivity contribution < 1.29 is 9.84 Å². The highest BCUT2D eigenvalue weighted by molar-refractivity contribution is 5.74. The van der Waals surface area contributed by atoms with Crippen LogP contribution < -0.4 is 4.74 Å². The van der Waals surface area contributed by atoms with E-state index in [4.69, 9.17) is 4.74 Å². The van der Waals surface area contributed by atoms with Crippen molar-refractivity contribution in [3.8, 4) is 22.8 Å². The van der Waals surface area contributed by atoms with E-state index in [1.807, 2.05) is 56.4 Å². The molecule has 0 aliphatic heterocycles. The Hall–Kier alpha value is -2.75. The van der Waals surface area contributed by atoms with E-state index in [0.717, 1.165) is 11.3 Å². The van der Waals surface area contributed by atoms with Gasteiger partial charge in [-0.15, -0.1) is 0 Å². The SMILES string of the molecule is Cc1cc(-c2c(O)cccc2OCc2ccccc2)nn1C. The summed E-state index contributed by atoms with van der Waals surface area (Å²) in [4.78, 5) is 0. The summed E-state index contributed by atoms with van der Waals surface area (Å²) in [6, 6.07) is 17.1. The Morgan fingerprint density at radius 3 is 2.55 bits per heavy atom. The number of aryl methyl sites for hydroxylation is 2. The Balaban J connectivity index is 1.93. The van der Waals surface area contributed by atoms with E-state index in [0.29, 0.717) is 23.6 Å². The Morgan fingerprint density at radius 1 is 1.09 bits per heavy atom. The monoisotopic (exact) mass is 294 g/mol. The molecule has 0 fully saturated rings. The number of benzene rings is 2. The fourth-order valence-electron chi connectivity index (χ4n) is 2.32. The third kappa shape index (κ3) is 2.81. The summed E-state index contributed by atoms with van der Waals surface area (Å²) in [7, 11) is 1.88. The number of phenolic OH excluding ortho intramolecular Hbond substituents is 1. The van der Waals surface area contributed by atoms with Crippen molar-refractivity contribution in [3.05, 3.63) is 65.9 Å². The molecular formula is C18H18N2O2. The molecule has 0 saturated heterocycles. The van der Waals surface area contributed by atoms with Crippen molar-refractivity contribution >= 4 is 0 Å². The molecule has 0 radical (unpaired) electrons. The summed E-state index contributed by atoms with van der Waals surface area (Å²) >= 11 is 0. The summed E-state index contributed by atoms with van der Waals surface area (Å²) < 4.78 is 7.68. The molecule has 0 aliphatic carbocycles. The highest BCUT2D eigenvalue weighted by Gasteiger charge is 2.15. The second kappa shape index (κ2) is 5.93. The number of aromatic hydroxyl groups is 1. The maximum Gasteiger partial charge on any atom is 0.133 e. The molecule has 2 aromatic carbocycles. The third-order valence-corrected chi connectivity index (χ3v) is 3.61. The highest BCUT2D eigenvalue weighted by Crippen LogP contribution is 2.37. The molecule has 0 aliphatic rings. The Morgan fingerprint density at radius 2 is 1.86 bits per heavy atom. The standard InChI is InChI=1S/C18H18N2O2/c1-13-11-15(19-20(13)2)18-16(21)9-6-10-17(18)22-12-14-7-4-3-5-8-14/h3-11,21H,12H2,1-2H3. The summed E-state index contributed by atoms with van der Waals surface area (Å²) in [5.41, 5.74) is 3.43. The van der Waals surface area contributed by atoms with Crippen LogP contribution in [0.15, 0.2) is 54.6 Å². The Kier molecular flexibility index (Phi) is 3.83. The number of rotatable bonds is 4. The molecule has 4 heteroatoms. The number of phenols is 1. The van der Waals surface area contributed by atoms with Crippen molar-refractivity contribution in [1.29, 1.82) is 0 Å². The van der Waals surface area contributed by atoms with Gasteiger partial charge in [0, 0.05) is 12.7 Å². The normalized spacial score (nSPS) is 10.6. The van der Waals surface area contributed by atoms with Gasteiger partial charge in [0.1, 0.15) is 23.8 Å². The van der Waals surface area contributed by atoms with Crippen LogP contribution in [0.3, 0.4) is 0 Å². The predicted molar refractivity (Wildman–Crippen MR) is 85.8 cm³/mol. The van der Waals surface area contributed by atoms with Crippen LogP contribution in [0.5, 0.6) is 11.5 Å². The zero-order valence-corrected chi connectivity index (χ0v) is 12.7. The van der Waals surface area contributed by atoms with Gasteiger partial charge in [-0.25, -0.2) is 0 Å². The van der Waals surface area contributed by atoms with Gasteiger partial charge in [-0.2, -0.15) is 5.10 Å². The first-order valence-electron chi connectivity index (χ1n) is 7.15. The van der Waals surface area contributed by atoms with Gasteiger partial charge in [0.05, 0.1) is 5.56 Å². The largest absolute Gasteiger partial charge is 0.507 e. The fourth-order valence-corrected chi connectivity index (χ4v) is 2.32. The van der Waals surface area contributed by atoms with Crippen molar-refractivity contribution in [3.63, 3.8) is 0 Å². The van der Waals surface area contributed by atoms with E-state index in [1.54, 1.807) is 16.8 Å². The first-order valence-corrected chi connectivity index (χ1v) is 7.15. The predicted octanol–water partition coefficient (Wildman–Crippen LogP) is 3.68. The second-order valence-corrected chi connectivity index (χ2v) is 5.22. The average Bonchev–Trinajstić information content (AvgIpc) is 2.85. The molecule has 0 saturated carbocycles. The van der Waals surface area contributed by atoms with Crippen LogP contribution >= 0.6 is 0 Å². The lowest BCUT2D eigenvalue weighted by atomic mass is 10.1. The topological polar surface area (TPSA) is 47.3 Å². The molecular weight excluding hydrogens is 276 g/mol. The van der Waals surface area contributed by atoms with E-state index in [2.05, 4.69) is 5.10 Å². The quantitative estimate of drug-likeness (QED) is 0.798. The van der Waals surface area contributed by atoms with E-state index in [1.165, 1.54) is 0 Å². The van der Waals surface area contributed by atoms with Crippen molar-refractivity contribution in [2.45, 2.75) is 13.5 Å².